The van der Waals surface area contributed by atoms with Crippen molar-refractivity contribution in [2.24, 2.45) is 5.92 Å². The molecule has 0 spiro atoms. The summed E-state index contributed by atoms with van der Waals surface area (Å²) in [6, 6.07) is 8.85. The molecule has 1 heteroatoms. The van der Waals surface area contributed by atoms with E-state index in [1.165, 1.54) is 18.4 Å². The van der Waals surface area contributed by atoms with E-state index in [9.17, 15) is 0 Å². The van der Waals surface area contributed by atoms with E-state index in [-0.39, 0.29) is 0 Å². The van der Waals surface area contributed by atoms with Crippen molar-refractivity contribution in [1.29, 1.82) is 0 Å². The van der Waals surface area contributed by atoms with Crippen molar-refractivity contribution in [3.05, 3.63) is 35.4 Å². The lowest BCUT2D eigenvalue weighted by molar-refractivity contribution is 0.551. The summed E-state index contributed by atoms with van der Waals surface area (Å²) in [6.07, 6.45) is 2.66. The number of nitrogens with one attached hydrogen (secondary N) is 1. The standard InChI is InChI=1S/C14H21N/c1-4-12-9-14(12,10-15-3)13-8-6-5-7-11(13)2/h5-8,12,15H,4,9-10H2,1-3H3. The molecule has 2 atom stereocenters. The van der Waals surface area contributed by atoms with Crippen molar-refractivity contribution < 1.29 is 0 Å². The molecule has 1 N–H and O–H groups in total. The van der Waals surface area contributed by atoms with Crippen LogP contribution in [0.3, 0.4) is 0 Å². The van der Waals surface area contributed by atoms with Crippen molar-refractivity contribution in [2.45, 2.75) is 32.1 Å². The predicted octanol–water partition coefficient (Wildman–Crippen LogP) is 2.88. The lowest BCUT2D eigenvalue weighted by Gasteiger charge is -2.19. The van der Waals surface area contributed by atoms with Gasteiger partial charge in [0, 0.05) is 12.0 Å². The van der Waals surface area contributed by atoms with Gasteiger partial charge in [0.25, 0.3) is 0 Å². The third-order valence-electron chi connectivity index (χ3n) is 3.90. The van der Waals surface area contributed by atoms with Gasteiger partial charge in [-0.1, -0.05) is 37.6 Å². The van der Waals surface area contributed by atoms with E-state index in [0.717, 1.165) is 12.5 Å². The smallest absolute Gasteiger partial charge is 0.0112 e. The summed E-state index contributed by atoms with van der Waals surface area (Å²) in [5, 5.41) is 3.36. The average molecular weight is 203 g/mol. The molecule has 0 aromatic heterocycles. The van der Waals surface area contributed by atoms with Crippen LogP contribution in [0.1, 0.15) is 30.9 Å². The van der Waals surface area contributed by atoms with Crippen LogP contribution in [0.2, 0.25) is 0 Å². The number of hydrogen-bond acceptors (Lipinski definition) is 1. The fraction of sp³-hybridized carbons (Fsp3) is 0.571. The van der Waals surface area contributed by atoms with Crippen LogP contribution >= 0.6 is 0 Å². The van der Waals surface area contributed by atoms with Crippen molar-refractivity contribution >= 4 is 0 Å². The van der Waals surface area contributed by atoms with Gasteiger partial charge in [0.1, 0.15) is 0 Å². The van der Waals surface area contributed by atoms with Crippen LogP contribution in [-0.2, 0) is 5.41 Å². The highest BCUT2D eigenvalue weighted by molar-refractivity contribution is 5.40. The molecule has 1 aliphatic rings. The van der Waals surface area contributed by atoms with Crippen LogP contribution in [0, 0.1) is 12.8 Å². The summed E-state index contributed by atoms with van der Waals surface area (Å²) in [5.41, 5.74) is 3.45. The molecule has 1 nitrogen and oxygen atoms in total. The predicted molar refractivity (Wildman–Crippen MR) is 65.2 cm³/mol. The zero-order valence-electron chi connectivity index (χ0n) is 10.0. The highest BCUT2D eigenvalue weighted by Crippen LogP contribution is 2.56. The van der Waals surface area contributed by atoms with Gasteiger partial charge >= 0.3 is 0 Å². The molecule has 0 aliphatic heterocycles. The van der Waals surface area contributed by atoms with Crippen LogP contribution in [0.4, 0.5) is 0 Å². The molecule has 1 aliphatic carbocycles. The maximum Gasteiger partial charge on any atom is 0.0112 e. The van der Waals surface area contributed by atoms with Gasteiger partial charge in [-0.05, 0) is 37.4 Å². The second-order valence-electron chi connectivity index (χ2n) is 4.81. The lowest BCUT2D eigenvalue weighted by Crippen LogP contribution is -2.26. The normalized spacial score (nSPS) is 29.1. The molecular formula is C14H21N. The van der Waals surface area contributed by atoms with E-state index in [4.69, 9.17) is 0 Å². The monoisotopic (exact) mass is 203 g/mol. The SMILES string of the molecule is CCC1CC1(CNC)c1ccccc1C. The maximum absolute atomic E-state index is 3.36. The Bertz CT molecular complexity index is 345. The van der Waals surface area contributed by atoms with Crippen LogP contribution in [0.5, 0.6) is 0 Å². The number of benzene rings is 1. The van der Waals surface area contributed by atoms with E-state index in [2.05, 4.69) is 50.5 Å². The minimum absolute atomic E-state index is 0.439. The fourth-order valence-corrected chi connectivity index (χ4v) is 3.00. The molecule has 1 saturated carbocycles. The Kier molecular flexibility index (Phi) is 2.83. The first-order chi connectivity index (χ1) is 7.24. The average Bonchev–Trinajstić information content (AvgIpc) is 2.94. The van der Waals surface area contributed by atoms with Gasteiger partial charge in [-0.2, -0.15) is 0 Å². The Morgan fingerprint density at radius 3 is 2.67 bits per heavy atom. The second-order valence-corrected chi connectivity index (χ2v) is 4.81. The quantitative estimate of drug-likeness (QED) is 0.793. The Balaban J connectivity index is 2.31. The molecule has 0 saturated heterocycles. The number of rotatable bonds is 4. The van der Waals surface area contributed by atoms with Gasteiger partial charge in [-0.15, -0.1) is 0 Å². The molecule has 0 heterocycles. The third kappa shape index (κ3) is 1.69. The first-order valence-corrected chi connectivity index (χ1v) is 5.95. The second kappa shape index (κ2) is 3.97. The molecule has 82 valence electrons. The molecule has 15 heavy (non-hydrogen) atoms. The lowest BCUT2D eigenvalue weighted by atomic mass is 9.89. The van der Waals surface area contributed by atoms with E-state index >= 15 is 0 Å². The van der Waals surface area contributed by atoms with Crippen LogP contribution < -0.4 is 5.32 Å². The van der Waals surface area contributed by atoms with Crippen molar-refractivity contribution in [3.8, 4) is 0 Å². The number of aryl methyl sites for hydroxylation is 1. The van der Waals surface area contributed by atoms with Crippen LogP contribution in [0.15, 0.2) is 24.3 Å². The highest BCUT2D eigenvalue weighted by Gasteiger charge is 2.53. The third-order valence-corrected chi connectivity index (χ3v) is 3.90. The van der Waals surface area contributed by atoms with E-state index in [1.54, 1.807) is 5.56 Å². The minimum atomic E-state index is 0.439. The highest BCUT2D eigenvalue weighted by atomic mass is 14.9. The summed E-state index contributed by atoms with van der Waals surface area (Å²) in [6.45, 7) is 5.66. The summed E-state index contributed by atoms with van der Waals surface area (Å²) in [4.78, 5) is 0. The molecule has 0 bridgehead atoms. The summed E-state index contributed by atoms with van der Waals surface area (Å²) in [5.74, 6) is 0.881. The zero-order chi connectivity index (χ0) is 10.9. The van der Waals surface area contributed by atoms with Gasteiger partial charge in [0.05, 0.1) is 0 Å². The van der Waals surface area contributed by atoms with Gasteiger partial charge in [-0.3, -0.25) is 0 Å². The molecule has 0 amide bonds. The molecule has 1 aromatic rings. The van der Waals surface area contributed by atoms with Gasteiger partial charge in [0.2, 0.25) is 0 Å². The van der Waals surface area contributed by atoms with E-state index in [0.29, 0.717) is 5.41 Å². The first-order valence-electron chi connectivity index (χ1n) is 5.95. The Hall–Kier alpha value is -0.820. The van der Waals surface area contributed by atoms with E-state index < -0.39 is 0 Å². The molecule has 1 fully saturated rings. The number of likely N-dealkylation sites (N-methyl/N-ethyl adjacent to an activating group) is 1. The molecule has 1 aromatic carbocycles. The van der Waals surface area contributed by atoms with Crippen molar-refractivity contribution in [1.82, 2.24) is 5.32 Å². The van der Waals surface area contributed by atoms with Gasteiger partial charge in [-0.25, -0.2) is 0 Å². The molecule has 0 radical (unpaired) electrons. The van der Waals surface area contributed by atoms with Crippen LogP contribution in [0.25, 0.3) is 0 Å². The van der Waals surface area contributed by atoms with Gasteiger partial charge in [0.15, 0.2) is 0 Å². The number of hydrogen-bond donors (Lipinski definition) is 1. The summed E-state index contributed by atoms with van der Waals surface area (Å²) in [7, 11) is 2.06. The zero-order valence-corrected chi connectivity index (χ0v) is 10.0. The minimum Gasteiger partial charge on any atom is -0.319 e. The maximum atomic E-state index is 3.36. The first kappa shape index (κ1) is 10.7. The van der Waals surface area contributed by atoms with Crippen LogP contribution in [-0.4, -0.2) is 13.6 Å². The molecular weight excluding hydrogens is 182 g/mol. The van der Waals surface area contributed by atoms with Crippen molar-refractivity contribution in [2.75, 3.05) is 13.6 Å². The Labute approximate surface area is 92.9 Å². The Morgan fingerprint density at radius 1 is 1.40 bits per heavy atom. The molecule has 2 unspecified atom stereocenters. The fourth-order valence-electron chi connectivity index (χ4n) is 3.00. The largest absolute Gasteiger partial charge is 0.319 e. The van der Waals surface area contributed by atoms with Gasteiger partial charge < -0.3 is 5.32 Å². The summed E-state index contributed by atoms with van der Waals surface area (Å²) < 4.78 is 0. The topological polar surface area (TPSA) is 12.0 Å². The summed E-state index contributed by atoms with van der Waals surface area (Å²) >= 11 is 0. The molecule has 2 rings (SSSR count). The van der Waals surface area contributed by atoms with E-state index in [1.807, 2.05) is 0 Å². The van der Waals surface area contributed by atoms with Crippen molar-refractivity contribution in [3.63, 3.8) is 0 Å². The Morgan fingerprint density at radius 2 is 2.13 bits per heavy atom.